The van der Waals surface area contributed by atoms with Crippen molar-refractivity contribution in [3.63, 3.8) is 0 Å². The Morgan fingerprint density at radius 3 is 2.77 bits per heavy atom. The molecule has 0 radical (unpaired) electrons. The van der Waals surface area contributed by atoms with Crippen LogP contribution >= 0.6 is 23.2 Å². The number of aromatic nitrogens is 4. The molecule has 1 aliphatic heterocycles. The van der Waals surface area contributed by atoms with E-state index in [1.54, 1.807) is 0 Å². The van der Waals surface area contributed by atoms with E-state index in [2.05, 4.69) is 25.2 Å². The quantitative estimate of drug-likeness (QED) is 0.445. The highest BCUT2D eigenvalue weighted by Crippen LogP contribution is 2.35. The Morgan fingerprint density at radius 2 is 1.94 bits per heavy atom. The normalized spacial score (nSPS) is 17.1. The van der Waals surface area contributed by atoms with E-state index >= 15 is 0 Å². The fourth-order valence-electron chi connectivity index (χ4n) is 4.46. The lowest BCUT2D eigenvalue weighted by molar-refractivity contribution is 0.384. The van der Waals surface area contributed by atoms with Crippen molar-refractivity contribution < 1.29 is 8.91 Å². The predicted octanol–water partition coefficient (Wildman–Crippen LogP) is 5.97. The van der Waals surface area contributed by atoms with Crippen molar-refractivity contribution in [2.45, 2.75) is 57.4 Å². The van der Waals surface area contributed by atoms with Gasteiger partial charge in [0.25, 0.3) is 5.89 Å². The average Bonchev–Trinajstić information content (AvgIpc) is 3.30. The molecule has 0 amide bonds. The van der Waals surface area contributed by atoms with Gasteiger partial charge in [-0.2, -0.15) is 10.1 Å². The summed E-state index contributed by atoms with van der Waals surface area (Å²) in [5.74, 6) is 1.01. The lowest BCUT2D eigenvalue weighted by atomic mass is 9.89. The number of hydrogen-bond donors (Lipinski definition) is 0. The van der Waals surface area contributed by atoms with E-state index in [1.807, 2.05) is 6.07 Å². The molecule has 0 N–H and O–H groups in total. The molecule has 1 aromatic carbocycles. The molecule has 3 heterocycles. The molecular formula is C22H22Cl2FN5O. The summed E-state index contributed by atoms with van der Waals surface area (Å²) in [6, 6.07) is 4.73. The highest BCUT2D eigenvalue weighted by atomic mass is 35.5. The first kappa shape index (κ1) is 20.6. The monoisotopic (exact) mass is 461 g/mol. The molecule has 0 saturated heterocycles. The summed E-state index contributed by atoms with van der Waals surface area (Å²) in [5, 5.41) is 13.4. The van der Waals surface area contributed by atoms with E-state index in [1.165, 1.54) is 31.4 Å². The van der Waals surface area contributed by atoms with Gasteiger partial charge < -0.3 is 9.42 Å². The van der Waals surface area contributed by atoms with Crippen LogP contribution in [-0.4, -0.2) is 26.9 Å². The van der Waals surface area contributed by atoms with Gasteiger partial charge in [-0.1, -0.05) is 47.6 Å². The van der Waals surface area contributed by atoms with Gasteiger partial charge in [-0.3, -0.25) is 0 Å². The molecule has 0 bridgehead atoms. The van der Waals surface area contributed by atoms with Crippen LogP contribution in [0.2, 0.25) is 10.0 Å². The number of benzene rings is 1. The molecule has 0 atom stereocenters. The van der Waals surface area contributed by atoms with E-state index in [-0.39, 0.29) is 5.02 Å². The van der Waals surface area contributed by atoms with Crippen molar-refractivity contribution in [3.8, 4) is 11.6 Å². The van der Waals surface area contributed by atoms with Crippen molar-refractivity contribution >= 4 is 28.9 Å². The van der Waals surface area contributed by atoms with Gasteiger partial charge in [0, 0.05) is 29.6 Å². The lowest BCUT2D eigenvalue weighted by Gasteiger charge is -2.31. The van der Waals surface area contributed by atoms with E-state index in [0.717, 1.165) is 49.4 Å². The molecule has 5 rings (SSSR count). The molecule has 0 unspecified atom stereocenters. The number of hydrogen-bond acceptors (Lipinski definition) is 6. The SMILES string of the molecule is Fc1ccc(Cl)c(CN2CCCc3nnc(-c4nc(C5CCCCC5)no4)cc32)c1Cl. The van der Waals surface area contributed by atoms with Gasteiger partial charge in [-0.25, -0.2) is 4.39 Å². The number of aryl methyl sites for hydroxylation is 1. The minimum absolute atomic E-state index is 0.0517. The third-order valence-electron chi connectivity index (χ3n) is 6.15. The van der Waals surface area contributed by atoms with E-state index < -0.39 is 5.82 Å². The predicted molar refractivity (Wildman–Crippen MR) is 117 cm³/mol. The topological polar surface area (TPSA) is 67.9 Å². The van der Waals surface area contributed by atoms with Crippen molar-refractivity contribution in [1.29, 1.82) is 0 Å². The molecule has 2 aliphatic rings. The zero-order valence-electron chi connectivity index (χ0n) is 17.0. The van der Waals surface area contributed by atoms with E-state index in [0.29, 0.717) is 34.6 Å². The first-order chi connectivity index (χ1) is 15.1. The van der Waals surface area contributed by atoms with Crippen LogP contribution in [0, 0.1) is 5.82 Å². The number of halogens is 3. The number of rotatable bonds is 4. The average molecular weight is 462 g/mol. The van der Waals surface area contributed by atoms with Crippen LogP contribution in [0.25, 0.3) is 11.6 Å². The van der Waals surface area contributed by atoms with Gasteiger partial charge in [-0.15, -0.1) is 5.10 Å². The molecule has 1 saturated carbocycles. The second-order valence-electron chi connectivity index (χ2n) is 8.20. The Labute approximate surface area is 189 Å². The Balaban J connectivity index is 1.44. The lowest BCUT2D eigenvalue weighted by Crippen LogP contribution is -2.30. The molecule has 6 nitrogen and oxygen atoms in total. The van der Waals surface area contributed by atoms with Crippen LogP contribution in [0.4, 0.5) is 10.1 Å². The molecular weight excluding hydrogens is 440 g/mol. The number of anilines is 1. The van der Waals surface area contributed by atoms with Gasteiger partial charge >= 0.3 is 0 Å². The molecule has 9 heteroatoms. The van der Waals surface area contributed by atoms with Gasteiger partial charge in [0.15, 0.2) is 11.5 Å². The fourth-order valence-corrected chi connectivity index (χ4v) is 4.95. The van der Waals surface area contributed by atoms with Crippen molar-refractivity contribution in [3.05, 3.63) is 51.1 Å². The van der Waals surface area contributed by atoms with Gasteiger partial charge in [0.1, 0.15) is 5.82 Å². The summed E-state index contributed by atoms with van der Waals surface area (Å²) >= 11 is 12.5. The van der Waals surface area contributed by atoms with Gasteiger partial charge in [0.2, 0.25) is 0 Å². The highest BCUT2D eigenvalue weighted by Gasteiger charge is 2.25. The zero-order chi connectivity index (χ0) is 21.4. The van der Waals surface area contributed by atoms with Crippen LogP contribution in [0.1, 0.15) is 61.5 Å². The Kier molecular flexibility index (Phi) is 5.80. The Bertz CT molecular complexity index is 1100. The molecule has 3 aromatic rings. The summed E-state index contributed by atoms with van der Waals surface area (Å²) in [6.45, 7) is 1.16. The first-order valence-electron chi connectivity index (χ1n) is 10.7. The first-order valence-corrected chi connectivity index (χ1v) is 11.4. The third kappa shape index (κ3) is 4.13. The van der Waals surface area contributed by atoms with Gasteiger partial charge in [-0.05, 0) is 43.9 Å². The largest absolute Gasteiger partial charge is 0.365 e. The summed E-state index contributed by atoms with van der Waals surface area (Å²) in [5.41, 5.74) is 2.89. The molecule has 162 valence electrons. The van der Waals surface area contributed by atoms with Crippen LogP contribution in [0.3, 0.4) is 0 Å². The minimum Gasteiger partial charge on any atom is -0.365 e. The minimum atomic E-state index is -0.479. The maximum atomic E-state index is 14.0. The summed E-state index contributed by atoms with van der Waals surface area (Å²) in [4.78, 5) is 6.71. The van der Waals surface area contributed by atoms with Gasteiger partial charge in [0.05, 0.1) is 16.4 Å². The molecule has 1 fully saturated rings. The van der Waals surface area contributed by atoms with Crippen LogP contribution < -0.4 is 4.90 Å². The number of fused-ring (bicyclic) bond motifs is 1. The number of nitrogens with zero attached hydrogens (tertiary/aromatic N) is 5. The summed E-state index contributed by atoms with van der Waals surface area (Å²) in [6.07, 6.45) is 7.60. The standard InChI is InChI=1S/C22H22Cl2FN5O/c23-15-8-9-16(25)20(24)14(15)12-30-10-4-7-17-19(30)11-18(28-27-17)22-26-21(29-31-22)13-5-2-1-3-6-13/h8-9,11,13H,1-7,10,12H2. The molecule has 31 heavy (non-hydrogen) atoms. The zero-order valence-corrected chi connectivity index (χ0v) is 18.5. The summed E-state index contributed by atoms with van der Waals surface area (Å²) < 4.78 is 19.5. The second kappa shape index (κ2) is 8.71. The highest BCUT2D eigenvalue weighted by molar-refractivity contribution is 6.36. The smallest absolute Gasteiger partial charge is 0.278 e. The van der Waals surface area contributed by atoms with Crippen molar-refractivity contribution in [1.82, 2.24) is 20.3 Å². The molecule has 0 spiro atoms. The van der Waals surface area contributed by atoms with Crippen molar-refractivity contribution in [2.75, 3.05) is 11.4 Å². The second-order valence-corrected chi connectivity index (χ2v) is 8.99. The van der Waals surface area contributed by atoms with Crippen LogP contribution in [0.5, 0.6) is 0 Å². The maximum absolute atomic E-state index is 14.0. The van der Waals surface area contributed by atoms with E-state index in [9.17, 15) is 4.39 Å². The summed E-state index contributed by atoms with van der Waals surface area (Å²) in [7, 11) is 0. The van der Waals surface area contributed by atoms with Crippen LogP contribution in [0.15, 0.2) is 22.7 Å². The Hall–Kier alpha value is -2.25. The molecule has 1 aliphatic carbocycles. The third-order valence-corrected chi connectivity index (χ3v) is 6.91. The van der Waals surface area contributed by atoms with Crippen LogP contribution in [-0.2, 0) is 13.0 Å². The fraction of sp³-hybridized carbons (Fsp3) is 0.455. The maximum Gasteiger partial charge on any atom is 0.278 e. The Morgan fingerprint density at radius 1 is 1.10 bits per heavy atom. The van der Waals surface area contributed by atoms with E-state index in [4.69, 9.17) is 27.7 Å². The molecule has 2 aromatic heterocycles. The van der Waals surface area contributed by atoms with Crippen molar-refractivity contribution in [2.24, 2.45) is 0 Å².